The van der Waals surface area contributed by atoms with Crippen molar-refractivity contribution >= 4 is 33.3 Å². The van der Waals surface area contributed by atoms with Crippen LogP contribution in [-0.2, 0) is 4.79 Å². The molecule has 0 spiro atoms. The maximum Gasteiger partial charge on any atom is 0.217 e. The Morgan fingerprint density at radius 1 is 1.41 bits per heavy atom. The molecule has 2 heterocycles. The number of carbonyl (C=O) groups is 1. The van der Waals surface area contributed by atoms with Crippen molar-refractivity contribution in [3.05, 3.63) is 17.8 Å². The van der Waals surface area contributed by atoms with E-state index in [0.29, 0.717) is 6.42 Å². The van der Waals surface area contributed by atoms with Crippen LogP contribution in [0.5, 0.6) is 0 Å². The molecule has 90 valence electrons. The highest BCUT2D eigenvalue weighted by Gasteiger charge is 2.03. The van der Waals surface area contributed by atoms with Crippen LogP contribution in [0.4, 0.5) is 5.82 Å². The van der Waals surface area contributed by atoms with E-state index in [1.807, 2.05) is 11.4 Å². The van der Waals surface area contributed by atoms with Crippen molar-refractivity contribution in [1.82, 2.24) is 9.97 Å². The highest BCUT2D eigenvalue weighted by atomic mass is 32.1. The highest BCUT2D eigenvalue weighted by Crippen LogP contribution is 2.24. The first-order valence-corrected chi connectivity index (χ1v) is 6.36. The van der Waals surface area contributed by atoms with Gasteiger partial charge in [-0.3, -0.25) is 4.79 Å². The number of thiophene rings is 1. The maximum atomic E-state index is 10.6. The molecular weight excluding hydrogens is 236 g/mol. The van der Waals surface area contributed by atoms with Crippen LogP contribution in [0.15, 0.2) is 17.8 Å². The molecule has 0 aliphatic heterocycles. The Bertz CT molecular complexity index is 511. The summed E-state index contributed by atoms with van der Waals surface area (Å²) in [6.45, 7) is 0.789. The average molecular weight is 250 g/mol. The van der Waals surface area contributed by atoms with E-state index in [9.17, 15) is 4.79 Å². The van der Waals surface area contributed by atoms with E-state index in [2.05, 4.69) is 15.3 Å². The quantitative estimate of drug-likeness (QED) is 0.765. The van der Waals surface area contributed by atoms with Crippen LogP contribution in [0.25, 0.3) is 10.2 Å². The molecule has 0 radical (unpaired) electrons. The predicted octanol–water partition coefficient (Wildman–Crippen LogP) is 1.76. The van der Waals surface area contributed by atoms with Crippen molar-refractivity contribution in [2.45, 2.75) is 19.3 Å². The van der Waals surface area contributed by atoms with Crippen molar-refractivity contribution in [1.29, 1.82) is 0 Å². The summed E-state index contributed by atoms with van der Waals surface area (Å²) in [5, 5.41) is 5.25. The monoisotopic (exact) mass is 250 g/mol. The van der Waals surface area contributed by atoms with Crippen molar-refractivity contribution in [3.8, 4) is 0 Å². The number of primary amides is 1. The van der Waals surface area contributed by atoms with Gasteiger partial charge in [-0.25, -0.2) is 9.97 Å². The van der Waals surface area contributed by atoms with Gasteiger partial charge >= 0.3 is 0 Å². The summed E-state index contributed by atoms with van der Waals surface area (Å²) >= 11 is 1.62. The Morgan fingerprint density at radius 2 is 2.29 bits per heavy atom. The minimum absolute atomic E-state index is 0.243. The first-order chi connectivity index (χ1) is 8.27. The molecule has 3 N–H and O–H groups in total. The molecule has 0 atom stereocenters. The topological polar surface area (TPSA) is 80.9 Å². The molecule has 0 aliphatic rings. The molecule has 1 amide bonds. The number of fused-ring (bicyclic) bond motifs is 1. The molecule has 5 nitrogen and oxygen atoms in total. The summed E-state index contributed by atoms with van der Waals surface area (Å²) in [4.78, 5) is 18.9. The summed E-state index contributed by atoms with van der Waals surface area (Å²) in [7, 11) is 0. The number of nitrogens with one attached hydrogen (secondary N) is 1. The van der Waals surface area contributed by atoms with Gasteiger partial charge in [0.25, 0.3) is 0 Å². The zero-order valence-electron chi connectivity index (χ0n) is 9.35. The molecule has 2 aromatic heterocycles. The van der Waals surface area contributed by atoms with Gasteiger partial charge < -0.3 is 11.1 Å². The van der Waals surface area contributed by atoms with Crippen molar-refractivity contribution in [3.63, 3.8) is 0 Å². The molecule has 6 heteroatoms. The van der Waals surface area contributed by atoms with Crippen LogP contribution < -0.4 is 11.1 Å². The molecule has 2 aromatic rings. The fourth-order valence-electron chi connectivity index (χ4n) is 1.55. The number of aromatic nitrogens is 2. The normalized spacial score (nSPS) is 10.6. The molecule has 0 aliphatic carbocycles. The molecule has 17 heavy (non-hydrogen) atoms. The van der Waals surface area contributed by atoms with Gasteiger partial charge in [0.2, 0.25) is 5.91 Å². The standard InChI is InChI=1S/C11H14N4OS/c12-9(16)3-1-2-5-13-11-10-8(4-6-17-10)14-7-15-11/h4,6-7H,1-3,5H2,(H2,12,16)(H,13,14,15). The number of amides is 1. The zero-order valence-corrected chi connectivity index (χ0v) is 10.2. The van der Waals surface area contributed by atoms with E-state index in [0.717, 1.165) is 35.4 Å². The van der Waals surface area contributed by atoms with E-state index in [4.69, 9.17) is 5.73 Å². The lowest BCUT2D eigenvalue weighted by Crippen LogP contribution is -2.11. The van der Waals surface area contributed by atoms with Gasteiger partial charge in [-0.1, -0.05) is 0 Å². The first kappa shape index (κ1) is 11.8. The number of anilines is 1. The van der Waals surface area contributed by atoms with Crippen molar-refractivity contribution < 1.29 is 4.79 Å². The summed E-state index contributed by atoms with van der Waals surface area (Å²) < 4.78 is 1.07. The Balaban J connectivity index is 1.86. The third-order valence-corrected chi connectivity index (χ3v) is 3.30. The van der Waals surface area contributed by atoms with Gasteiger partial charge in [0.05, 0.1) is 10.2 Å². The zero-order chi connectivity index (χ0) is 12.1. The highest BCUT2D eigenvalue weighted by molar-refractivity contribution is 7.17. The summed E-state index contributed by atoms with van der Waals surface area (Å²) in [6.07, 6.45) is 3.71. The Morgan fingerprint density at radius 3 is 3.12 bits per heavy atom. The summed E-state index contributed by atoms with van der Waals surface area (Å²) in [6, 6.07) is 1.97. The predicted molar refractivity (Wildman–Crippen MR) is 69.0 cm³/mol. The van der Waals surface area contributed by atoms with Crippen LogP contribution in [0.1, 0.15) is 19.3 Å². The number of hydrogen-bond donors (Lipinski definition) is 2. The number of nitrogens with zero attached hydrogens (tertiary/aromatic N) is 2. The minimum Gasteiger partial charge on any atom is -0.370 e. The summed E-state index contributed by atoms with van der Waals surface area (Å²) in [5.41, 5.74) is 6.03. The Labute approximate surface area is 103 Å². The van der Waals surface area contributed by atoms with Gasteiger partial charge in [-0.2, -0.15) is 0 Å². The third-order valence-electron chi connectivity index (χ3n) is 2.39. The van der Waals surface area contributed by atoms with E-state index >= 15 is 0 Å². The van der Waals surface area contributed by atoms with Crippen molar-refractivity contribution in [2.75, 3.05) is 11.9 Å². The molecule has 0 bridgehead atoms. The molecule has 0 saturated carbocycles. The number of rotatable bonds is 6. The second-order valence-electron chi connectivity index (χ2n) is 3.71. The van der Waals surface area contributed by atoms with E-state index < -0.39 is 0 Å². The summed E-state index contributed by atoms with van der Waals surface area (Å²) in [5.74, 6) is 0.622. The fraction of sp³-hybridized carbons (Fsp3) is 0.364. The largest absolute Gasteiger partial charge is 0.370 e. The van der Waals surface area contributed by atoms with Gasteiger partial charge in [-0.15, -0.1) is 11.3 Å². The van der Waals surface area contributed by atoms with Crippen LogP contribution in [0.3, 0.4) is 0 Å². The smallest absolute Gasteiger partial charge is 0.217 e. The SMILES string of the molecule is NC(=O)CCCCNc1ncnc2ccsc12. The molecule has 0 saturated heterocycles. The lowest BCUT2D eigenvalue weighted by Gasteiger charge is -2.05. The third kappa shape index (κ3) is 3.13. The number of unbranched alkanes of at least 4 members (excludes halogenated alkanes) is 1. The molecule has 0 unspecified atom stereocenters. The van der Waals surface area contributed by atoms with E-state index in [-0.39, 0.29) is 5.91 Å². The van der Waals surface area contributed by atoms with Gasteiger partial charge in [-0.05, 0) is 24.3 Å². The number of hydrogen-bond acceptors (Lipinski definition) is 5. The van der Waals surface area contributed by atoms with Crippen LogP contribution in [0.2, 0.25) is 0 Å². The first-order valence-electron chi connectivity index (χ1n) is 5.48. The molecular formula is C11H14N4OS. The van der Waals surface area contributed by atoms with Crippen molar-refractivity contribution in [2.24, 2.45) is 5.73 Å². The Hall–Kier alpha value is -1.69. The minimum atomic E-state index is -0.243. The van der Waals surface area contributed by atoms with Gasteiger partial charge in [0.15, 0.2) is 0 Å². The average Bonchev–Trinajstić information content (AvgIpc) is 2.77. The number of nitrogens with two attached hydrogens (primary N) is 1. The van der Waals surface area contributed by atoms with Crippen LogP contribution >= 0.6 is 11.3 Å². The molecule has 2 rings (SSSR count). The Kier molecular flexibility index (Phi) is 3.87. The lowest BCUT2D eigenvalue weighted by molar-refractivity contribution is -0.118. The van der Waals surface area contributed by atoms with Gasteiger partial charge in [0, 0.05) is 13.0 Å². The molecule has 0 aromatic carbocycles. The second-order valence-corrected chi connectivity index (χ2v) is 4.62. The fourth-order valence-corrected chi connectivity index (χ4v) is 2.36. The lowest BCUT2D eigenvalue weighted by atomic mass is 10.2. The van der Waals surface area contributed by atoms with Crippen LogP contribution in [-0.4, -0.2) is 22.4 Å². The van der Waals surface area contributed by atoms with Crippen LogP contribution in [0, 0.1) is 0 Å². The van der Waals surface area contributed by atoms with Gasteiger partial charge in [0.1, 0.15) is 12.1 Å². The second kappa shape index (κ2) is 5.58. The van der Waals surface area contributed by atoms with E-state index in [1.54, 1.807) is 17.7 Å². The van der Waals surface area contributed by atoms with E-state index in [1.165, 1.54) is 0 Å². The molecule has 0 fully saturated rings. The maximum absolute atomic E-state index is 10.6. The number of carbonyl (C=O) groups excluding carboxylic acids is 1.